The maximum absolute atomic E-state index is 11.9. The van der Waals surface area contributed by atoms with Gasteiger partial charge < -0.3 is 17.7 Å². The van der Waals surface area contributed by atoms with Gasteiger partial charge in [-0.2, -0.15) is 0 Å². The second-order valence-corrected chi connectivity index (χ2v) is 3.98. The first-order chi connectivity index (χ1) is 6.01. The van der Waals surface area contributed by atoms with E-state index < -0.39 is 24.1 Å². The fourth-order valence-corrected chi connectivity index (χ4v) is 0.710. The second kappa shape index (κ2) is 4.06. The van der Waals surface area contributed by atoms with Crippen LogP contribution in [0.4, 0.5) is 12.9 Å². The van der Waals surface area contributed by atoms with Gasteiger partial charge in [-0.05, 0) is 27.7 Å². The zero-order valence-corrected chi connectivity index (χ0v) is 8.61. The molecule has 14 heavy (non-hydrogen) atoms. The van der Waals surface area contributed by atoms with Crippen LogP contribution in [0.2, 0.25) is 0 Å². The Morgan fingerprint density at radius 2 is 1.71 bits per heavy atom. The molecule has 0 rings (SSSR count). The van der Waals surface area contributed by atoms with Crippen molar-refractivity contribution in [3.63, 3.8) is 0 Å². The molecule has 0 N–H and O–H groups in total. The summed E-state index contributed by atoms with van der Waals surface area (Å²) >= 11 is 0. The van der Waals surface area contributed by atoms with Gasteiger partial charge in [-0.25, -0.2) is 4.79 Å². The van der Waals surface area contributed by atoms with Crippen LogP contribution in [0.5, 0.6) is 0 Å². The van der Waals surface area contributed by atoms with E-state index in [-0.39, 0.29) is 5.98 Å². The molecule has 0 aliphatic rings. The molecule has 82 valence electrons. The van der Waals surface area contributed by atoms with E-state index in [0.717, 1.165) is 6.92 Å². The Bertz CT molecular complexity index is 250. The number of halogens is 3. The Hall–Kier alpha value is -0.935. The van der Waals surface area contributed by atoms with E-state index in [1.54, 1.807) is 20.8 Å². The van der Waals surface area contributed by atoms with Gasteiger partial charge in [0.05, 0.1) is 0 Å². The molecule has 0 aromatic carbocycles. The van der Waals surface area contributed by atoms with Crippen LogP contribution in [0.3, 0.4) is 0 Å². The van der Waals surface area contributed by atoms with Gasteiger partial charge in [0.2, 0.25) is 0 Å². The third kappa shape index (κ3) is 6.57. The molecule has 0 unspecified atom stereocenters. The molecule has 0 radical (unpaired) electrons. The molecule has 0 saturated carbocycles. The Kier molecular flexibility index (Phi) is 3.79. The summed E-state index contributed by atoms with van der Waals surface area (Å²) in [6, 6.07) is 0. The van der Waals surface area contributed by atoms with E-state index in [2.05, 4.69) is 0 Å². The van der Waals surface area contributed by atoms with Gasteiger partial charge in [0, 0.05) is 5.57 Å². The van der Waals surface area contributed by atoms with Crippen LogP contribution in [-0.2, 0) is 9.53 Å². The molecule has 0 amide bonds. The highest BCUT2D eigenvalue weighted by atomic mass is 19.4. The lowest BCUT2D eigenvalue weighted by Crippen LogP contribution is -2.25. The summed E-state index contributed by atoms with van der Waals surface area (Å²) in [4.78, 5) is 11.1. The number of hydrogen-bond donors (Lipinski definition) is 0. The van der Waals surface area contributed by atoms with Gasteiger partial charge in [-0.15, -0.1) is 5.98 Å². The highest BCUT2D eigenvalue weighted by Crippen LogP contribution is 2.16. The molecule has 0 saturated heterocycles. The number of esters is 1. The van der Waals surface area contributed by atoms with Gasteiger partial charge in [-0.1, -0.05) is 0 Å². The summed E-state index contributed by atoms with van der Waals surface area (Å²) in [5, 5.41) is 0. The topological polar surface area (TPSA) is 26.3 Å². The van der Waals surface area contributed by atoms with Crippen LogP contribution in [0.25, 0.3) is 0 Å². The Morgan fingerprint density at radius 3 is 2.00 bits per heavy atom. The predicted molar refractivity (Wildman–Crippen MR) is 48.7 cm³/mol. The SMILES string of the molecule is C/C(=C\[B-](F)(F)F)C(=O)OC(C)(C)C. The molecule has 0 heterocycles. The van der Waals surface area contributed by atoms with E-state index in [0.29, 0.717) is 0 Å². The lowest BCUT2D eigenvalue weighted by atomic mass is 9.89. The van der Waals surface area contributed by atoms with Crippen molar-refractivity contribution in [3.8, 4) is 0 Å². The zero-order valence-electron chi connectivity index (χ0n) is 8.61. The summed E-state index contributed by atoms with van der Waals surface area (Å²) in [5.41, 5.74) is -1.20. The lowest BCUT2D eigenvalue weighted by Gasteiger charge is -2.20. The van der Waals surface area contributed by atoms with Crippen molar-refractivity contribution < 1.29 is 22.5 Å². The molecule has 0 spiro atoms. The molecule has 0 aromatic rings. The molecule has 0 aliphatic carbocycles. The zero-order chi connectivity index (χ0) is 11.6. The monoisotopic (exact) mass is 209 g/mol. The number of hydrogen-bond acceptors (Lipinski definition) is 2. The maximum atomic E-state index is 11.9. The van der Waals surface area contributed by atoms with Crippen molar-refractivity contribution >= 4 is 12.9 Å². The van der Waals surface area contributed by atoms with E-state index in [1.807, 2.05) is 0 Å². The summed E-state index contributed by atoms with van der Waals surface area (Å²) in [5.74, 6) is -0.939. The van der Waals surface area contributed by atoms with Crippen molar-refractivity contribution in [2.24, 2.45) is 0 Å². The minimum atomic E-state index is -5.09. The van der Waals surface area contributed by atoms with Crippen molar-refractivity contribution in [1.82, 2.24) is 0 Å². The largest absolute Gasteiger partial charge is 0.503 e. The number of ether oxygens (including phenoxy) is 1. The van der Waals surface area contributed by atoms with Crippen LogP contribution in [-0.4, -0.2) is 18.5 Å². The van der Waals surface area contributed by atoms with Crippen molar-refractivity contribution in [2.75, 3.05) is 0 Å². The average molecular weight is 209 g/mol. The molecule has 6 heteroatoms. The quantitative estimate of drug-likeness (QED) is 0.397. The molecule has 0 aromatic heterocycles. The first-order valence-electron chi connectivity index (χ1n) is 4.14. The average Bonchev–Trinajstić information content (AvgIpc) is 1.78. The highest BCUT2D eigenvalue weighted by Gasteiger charge is 2.23. The summed E-state index contributed by atoms with van der Waals surface area (Å²) in [6.45, 7) is 0.783. The van der Waals surface area contributed by atoms with Crippen molar-refractivity contribution in [3.05, 3.63) is 11.5 Å². The van der Waals surface area contributed by atoms with Gasteiger partial charge in [-0.3, -0.25) is 0 Å². The Balaban J connectivity index is 4.50. The van der Waals surface area contributed by atoms with Crippen LogP contribution >= 0.6 is 0 Å². The molecular formula is C8H13BF3O2-. The van der Waals surface area contributed by atoms with Crippen molar-refractivity contribution in [2.45, 2.75) is 33.3 Å². The second-order valence-electron chi connectivity index (χ2n) is 3.98. The van der Waals surface area contributed by atoms with Gasteiger partial charge in [0.15, 0.2) is 0 Å². The Labute approximate surface area is 81.2 Å². The van der Waals surface area contributed by atoms with E-state index >= 15 is 0 Å². The predicted octanol–water partition coefficient (Wildman–Crippen LogP) is 2.66. The number of carbonyl (C=O) groups is 1. The Morgan fingerprint density at radius 1 is 1.29 bits per heavy atom. The van der Waals surface area contributed by atoms with Gasteiger partial charge in [0.25, 0.3) is 0 Å². The maximum Gasteiger partial charge on any atom is 0.503 e. The standard InChI is InChI=1S/C8H13BF3O2/c1-6(5-9(10,11)12)7(13)14-8(2,3)4/h5H,1-4H3/q-1/b6-5+. The number of carbonyl (C=O) groups excluding carboxylic acids is 1. The van der Waals surface area contributed by atoms with E-state index in [1.165, 1.54) is 0 Å². The van der Waals surface area contributed by atoms with Crippen molar-refractivity contribution in [1.29, 1.82) is 0 Å². The number of rotatable bonds is 2. The summed E-state index contributed by atoms with van der Waals surface area (Å²) in [6.07, 6.45) is 0. The van der Waals surface area contributed by atoms with Gasteiger partial charge >= 0.3 is 12.9 Å². The first kappa shape index (κ1) is 13.1. The van der Waals surface area contributed by atoms with Crippen LogP contribution < -0.4 is 0 Å². The molecular weight excluding hydrogens is 196 g/mol. The molecule has 0 atom stereocenters. The normalized spacial score (nSPS) is 14.1. The fraction of sp³-hybridized carbons (Fsp3) is 0.625. The summed E-state index contributed by atoms with van der Waals surface area (Å²) in [7, 11) is 0. The molecule has 0 aliphatic heterocycles. The first-order valence-corrected chi connectivity index (χ1v) is 4.14. The molecule has 2 nitrogen and oxygen atoms in total. The fourth-order valence-electron chi connectivity index (χ4n) is 0.710. The third-order valence-electron chi connectivity index (χ3n) is 1.16. The van der Waals surface area contributed by atoms with Crippen LogP contribution in [0.15, 0.2) is 11.5 Å². The highest BCUT2D eigenvalue weighted by molar-refractivity contribution is 6.64. The minimum absolute atomic E-state index is 0.00588. The third-order valence-corrected chi connectivity index (χ3v) is 1.16. The lowest BCUT2D eigenvalue weighted by molar-refractivity contribution is -0.149. The summed E-state index contributed by atoms with van der Waals surface area (Å²) < 4.78 is 40.4. The van der Waals surface area contributed by atoms with Crippen LogP contribution in [0.1, 0.15) is 27.7 Å². The molecule has 0 fully saturated rings. The van der Waals surface area contributed by atoms with Gasteiger partial charge in [0.1, 0.15) is 5.60 Å². The van der Waals surface area contributed by atoms with Crippen LogP contribution in [0, 0.1) is 0 Å². The minimum Gasteiger partial charge on any atom is -0.457 e. The van der Waals surface area contributed by atoms with E-state index in [9.17, 15) is 17.7 Å². The smallest absolute Gasteiger partial charge is 0.457 e. The molecule has 0 bridgehead atoms. The van der Waals surface area contributed by atoms with E-state index in [4.69, 9.17) is 4.74 Å².